The molecule has 1 unspecified atom stereocenters. The van der Waals surface area contributed by atoms with Crippen molar-refractivity contribution in [2.24, 2.45) is 5.92 Å². The first-order chi connectivity index (χ1) is 18.7. The number of hydrogen-bond acceptors (Lipinski definition) is 7. The van der Waals surface area contributed by atoms with Crippen LogP contribution < -0.4 is 16.0 Å². The van der Waals surface area contributed by atoms with E-state index in [0.717, 1.165) is 0 Å². The highest BCUT2D eigenvalue weighted by Gasteiger charge is 2.32. The van der Waals surface area contributed by atoms with Gasteiger partial charge in [0.1, 0.15) is 11.5 Å². The van der Waals surface area contributed by atoms with Gasteiger partial charge in [0.25, 0.3) is 11.7 Å². The Hall–Kier alpha value is -4.87. The molecule has 1 aromatic heterocycles. The first kappa shape index (κ1) is 27.2. The molecule has 1 aliphatic heterocycles. The predicted octanol–water partition coefficient (Wildman–Crippen LogP) is 1.04. The fourth-order valence-corrected chi connectivity index (χ4v) is 4.18. The molecule has 12 heteroatoms. The van der Waals surface area contributed by atoms with Crippen molar-refractivity contribution in [3.05, 3.63) is 71.7 Å². The van der Waals surface area contributed by atoms with Gasteiger partial charge in [0.05, 0.1) is 18.1 Å². The molecule has 4 N–H and O–H groups in total. The number of nitrogens with one attached hydrogen (secondary N) is 4. The molecular weight excluding hydrogens is 511 g/mol. The van der Waals surface area contributed by atoms with E-state index in [2.05, 4.69) is 20.9 Å². The number of para-hydroxylation sites is 1. The number of aromatic nitrogens is 1. The van der Waals surface area contributed by atoms with Crippen LogP contribution in [0, 0.1) is 11.7 Å². The van der Waals surface area contributed by atoms with E-state index in [9.17, 15) is 33.2 Å². The van der Waals surface area contributed by atoms with E-state index in [4.69, 9.17) is 4.74 Å². The number of ketones is 2. The molecule has 1 fully saturated rings. The molecule has 1 saturated heterocycles. The first-order valence-corrected chi connectivity index (χ1v) is 12.1. The number of carbonyl (C=O) groups excluding carboxylic acids is 6. The number of amides is 3. The number of fused-ring (bicyclic) bond motifs is 1. The third kappa shape index (κ3) is 6.72. The molecule has 0 spiro atoms. The number of carbonyl (C=O) groups is 6. The third-order valence-electron chi connectivity index (χ3n) is 6.23. The molecule has 0 aliphatic carbocycles. The van der Waals surface area contributed by atoms with Crippen LogP contribution >= 0.6 is 0 Å². The molecule has 2 heterocycles. The lowest BCUT2D eigenvalue weighted by Crippen LogP contribution is -2.48. The van der Waals surface area contributed by atoms with Crippen LogP contribution in [0.15, 0.2) is 54.6 Å². The topological polar surface area (TPSA) is 164 Å². The van der Waals surface area contributed by atoms with Gasteiger partial charge in [-0.1, -0.05) is 42.5 Å². The molecule has 0 bridgehead atoms. The predicted molar refractivity (Wildman–Crippen MR) is 135 cm³/mol. The van der Waals surface area contributed by atoms with E-state index in [1.54, 1.807) is 24.3 Å². The summed E-state index contributed by atoms with van der Waals surface area (Å²) in [5, 5.41) is 7.97. The molecule has 202 valence electrons. The fourth-order valence-electron chi connectivity index (χ4n) is 4.18. The van der Waals surface area contributed by atoms with Crippen LogP contribution in [-0.4, -0.2) is 66.0 Å². The molecular formula is C27H25FN4O7. The Bertz CT molecular complexity index is 1440. The third-order valence-corrected chi connectivity index (χ3v) is 6.23. The summed E-state index contributed by atoms with van der Waals surface area (Å²) in [6.45, 7) is -0.909. The number of halogens is 1. The average molecular weight is 537 g/mol. The molecule has 0 radical (unpaired) electrons. The van der Waals surface area contributed by atoms with E-state index in [-0.39, 0.29) is 29.1 Å². The van der Waals surface area contributed by atoms with Crippen molar-refractivity contribution in [1.29, 1.82) is 0 Å². The quantitative estimate of drug-likeness (QED) is 0.162. The highest BCUT2D eigenvalue weighted by molar-refractivity contribution is 6.40. The van der Waals surface area contributed by atoms with Crippen molar-refractivity contribution in [1.82, 2.24) is 20.9 Å². The zero-order chi connectivity index (χ0) is 27.9. The van der Waals surface area contributed by atoms with Crippen LogP contribution in [0.4, 0.5) is 4.39 Å². The zero-order valence-electron chi connectivity index (χ0n) is 20.6. The van der Waals surface area contributed by atoms with Crippen molar-refractivity contribution in [2.75, 3.05) is 19.7 Å². The maximum Gasteiger partial charge on any atom is 0.380 e. The van der Waals surface area contributed by atoms with Crippen molar-refractivity contribution >= 4 is 46.2 Å². The van der Waals surface area contributed by atoms with Gasteiger partial charge >= 0.3 is 5.97 Å². The van der Waals surface area contributed by atoms with Gasteiger partial charge in [0.15, 0.2) is 12.4 Å². The number of esters is 1. The zero-order valence-corrected chi connectivity index (χ0v) is 20.6. The summed E-state index contributed by atoms with van der Waals surface area (Å²) in [6.07, 6.45) is 0.383. The molecule has 4 rings (SSSR count). The van der Waals surface area contributed by atoms with E-state index >= 15 is 0 Å². The van der Waals surface area contributed by atoms with Gasteiger partial charge in [-0.2, -0.15) is 0 Å². The summed E-state index contributed by atoms with van der Waals surface area (Å²) < 4.78 is 18.8. The SMILES string of the molecule is O=C(CNC(=O)c1cc2cccc(F)c2[nH]1)NC(C[C@@H]1CCNC1=O)C(=O)COC(=O)C(=O)c1ccccc1. The van der Waals surface area contributed by atoms with Crippen LogP contribution in [0.25, 0.3) is 10.9 Å². The molecule has 39 heavy (non-hydrogen) atoms. The lowest BCUT2D eigenvalue weighted by atomic mass is 9.96. The Morgan fingerprint density at radius 1 is 1.05 bits per heavy atom. The van der Waals surface area contributed by atoms with Gasteiger partial charge < -0.3 is 25.7 Å². The van der Waals surface area contributed by atoms with Crippen molar-refractivity contribution in [2.45, 2.75) is 18.9 Å². The van der Waals surface area contributed by atoms with Gasteiger partial charge in [-0.25, -0.2) is 9.18 Å². The minimum absolute atomic E-state index is 0.0353. The average Bonchev–Trinajstić information content (AvgIpc) is 3.56. The Labute approximate surface area is 221 Å². The number of rotatable bonds is 11. The van der Waals surface area contributed by atoms with Gasteiger partial charge in [-0.15, -0.1) is 0 Å². The Morgan fingerprint density at radius 3 is 2.51 bits per heavy atom. The smallest absolute Gasteiger partial charge is 0.380 e. The minimum atomic E-state index is -1.24. The number of aromatic amines is 1. The molecule has 3 aromatic rings. The monoisotopic (exact) mass is 536 g/mol. The van der Waals surface area contributed by atoms with Gasteiger partial charge in [0, 0.05) is 23.4 Å². The molecule has 1 aliphatic rings. The number of hydrogen-bond donors (Lipinski definition) is 4. The standard InChI is InChI=1S/C27H25FN4O7/c28-18-8-4-7-16-11-20(32-23(16)18)26(37)30-13-22(34)31-19(12-17-9-10-29-25(17)36)21(33)14-39-27(38)24(35)15-5-2-1-3-6-15/h1-8,11,17,19,32H,9-10,12-14H2,(H,29,36)(H,30,37)(H,31,34)/t17-,19?/m0/s1. The van der Waals surface area contributed by atoms with Crippen LogP contribution in [0.3, 0.4) is 0 Å². The lowest BCUT2D eigenvalue weighted by molar-refractivity contribution is -0.144. The highest BCUT2D eigenvalue weighted by Crippen LogP contribution is 2.19. The fraction of sp³-hybridized carbons (Fsp3) is 0.259. The van der Waals surface area contributed by atoms with Crippen molar-refractivity contribution in [3.8, 4) is 0 Å². The maximum absolute atomic E-state index is 13.9. The second-order valence-corrected chi connectivity index (χ2v) is 8.94. The van der Waals surface area contributed by atoms with Crippen LogP contribution in [0.5, 0.6) is 0 Å². The first-order valence-electron chi connectivity index (χ1n) is 12.1. The van der Waals surface area contributed by atoms with E-state index in [0.29, 0.717) is 18.4 Å². The molecule has 2 atom stereocenters. The Kier molecular flexibility index (Phi) is 8.44. The number of benzene rings is 2. The largest absolute Gasteiger partial charge is 0.452 e. The molecule has 0 saturated carbocycles. The van der Waals surface area contributed by atoms with Crippen molar-refractivity contribution < 1.29 is 37.9 Å². The second-order valence-electron chi connectivity index (χ2n) is 8.94. The summed E-state index contributed by atoms with van der Waals surface area (Å²) >= 11 is 0. The summed E-state index contributed by atoms with van der Waals surface area (Å²) in [5.74, 6) is -5.68. The summed E-state index contributed by atoms with van der Waals surface area (Å²) in [7, 11) is 0. The number of H-pyrrole nitrogens is 1. The normalized spacial score (nSPS) is 15.3. The lowest BCUT2D eigenvalue weighted by Gasteiger charge is -2.20. The number of Topliss-reactive ketones (excluding diaryl/α,β-unsaturated/α-hetero) is 2. The molecule has 3 amide bonds. The molecule has 2 aromatic carbocycles. The Balaban J connectivity index is 1.35. The Morgan fingerprint density at radius 2 is 1.82 bits per heavy atom. The van der Waals surface area contributed by atoms with E-state index in [1.807, 2.05) is 0 Å². The van der Waals surface area contributed by atoms with Crippen LogP contribution in [0.2, 0.25) is 0 Å². The second kappa shape index (κ2) is 12.1. The maximum atomic E-state index is 13.9. The van der Waals surface area contributed by atoms with Gasteiger partial charge in [0.2, 0.25) is 11.8 Å². The van der Waals surface area contributed by atoms with Gasteiger partial charge in [-0.05, 0) is 25.0 Å². The minimum Gasteiger partial charge on any atom is -0.452 e. The van der Waals surface area contributed by atoms with Crippen LogP contribution in [0.1, 0.15) is 33.7 Å². The summed E-state index contributed by atoms with van der Waals surface area (Å²) in [6, 6.07) is 12.2. The van der Waals surface area contributed by atoms with Gasteiger partial charge in [-0.3, -0.25) is 24.0 Å². The summed E-state index contributed by atoms with van der Waals surface area (Å²) in [5.41, 5.74) is 0.275. The molecule has 11 nitrogen and oxygen atoms in total. The van der Waals surface area contributed by atoms with E-state index in [1.165, 1.54) is 30.3 Å². The highest BCUT2D eigenvalue weighted by atomic mass is 19.1. The summed E-state index contributed by atoms with van der Waals surface area (Å²) in [4.78, 5) is 77.0. The van der Waals surface area contributed by atoms with E-state index < -0.39 is 60.3 Å². The van der Waals surface area contributed by atoms with Crippen molar-refractivity contribution in [3.63, 3.8) is 0 Å². The number of ether oxygens (including phenoxy) is 1. The van der Waals surface area contributed by atoms with Crippen LogP contribution in [-0.2, 0) is 23.9 Å².